The van der Waals surface area contributed by atoms with E-state index in [4.69, 9.17) is 9.47 Å². The van der Waals surface area contributed by atoms with Crippen LogP contribution in [0.15, 0.2) is 18.2 Å². The molecule has 0 aliphatic carbocycles. The van der Waals surface area contributed by atoms with Crippen LogP contribution in [0.25, 0.3) is 10.9 Å². The maximum Gasteiger partial charge on any atom is 0.145 e. The number of pyridine rings is 1. The lowest BCUT2D eigenvalue weighted by Crippen LogP contribution is -2.02. The van der Waals surface area contributed by atoms with Gasteiger partial charge in [-0.1, -0.05) is 13.8 Å². The van der Waals surface area contributed by atoms with E-state index in [0.717, 1.165) is 28.2 Å². The Kier molecular flexibility index (Phi) is 3.79. The van der Waals surface area contributed by atoms with Crippen molar-refractivity contribution in [2.75, 3.05) is 26.6 Å². The quantitative estimate of drug-likeness (QED) is 0.914. The van der Waals surface area contributed by atoms with Crippen molar-refractivity contribution in [3.05, 3.63) is 23.8 Å². The van der Waals surface area contributed by atoms with Crippen molar-refractivity contribution in [3.63, 3.8) is 0 Å². The second-order valence-electron chi connectivity index (χ2n) is 4.70. The highest BCUT2D eigenvalue weighted by Gasteiger charge is 2.14. The largest absolute Gasteiger partial charge is 0.496 e. The molecule has 0 atom stereocenters. The first-order valence-electron chi connectivity index (χ1n) is 6.35. The molecule has 0 radical (unpaired) electrons. The van der Waals surface area contributed by atoms with Crippen molar-refractivity contribution in [2.24, 2.45) is 0 Å². The fraction of sp³-hybridized carbons (Fsp3) is 0.400. The van der Waals surface area contributed by atoms with Crippen LogP contribution in [-0.2, 0) is 0 Å². The maximum atomic E-state index is 5.42. The van der Waals surface area contributed by atoms with Gasteiger partial charge in [0, 0.05) is 12.4 Å². The van der Waals surface area contributed by atoms with Crippen LogP contribution < -0.4 is 14.8 Å². The molecule has 4 nitrogen and oxygen atoms in total. The van der Waals surface area contributed by atoms with E-state index in [1.807, 2.05) is 19.2 Å². The summed E-state index contributed by atoms with van der Waals surface area (Å²) in [6, 6.07) is 5.91. The summed E-state index contributed by atoms with van der Waals surface area (Å²) in [5.74, 6) is 2.83. The third kappa shape index (κ3) is 2.30. The molecular formula is C15H20N2O2. The van der Waals surface area contributed by atoms with Gasteiger partial charge in [0.15, 0.2) is 0 Å². The Morgan fingerprint density at radius 3 is 2.26 bits per heavy atom. The first kappa shape index (κ1) is 13.5. The number of hydrogen-bond acceptors (Lipinski definition) is 4. The molecule has 0 saturated heterocycles. The molecule has 0 fully saturated rings. The molecule has 0 aliphatic rings. The highest BCUT2D eigenvalue weighted by molar-refractivity contribution is 5.92. The Hall–Kier alpha value is -1.97. The third-order valence-corrected chi connectivity index (χ3v) is 3.24. The lowest BCUT2D eigenvalue weighted by Gasteiger charge is -2.16. The lowest BCUT2D eigenvalue weighted by atomic mass is 10.0. The molecule has 1 aromatic heterocycles. The van der Waals surface area contributed by atoms with Crippen LogP contribution >= 0.6 is 0 Å². The molecule has 1 N–H and O–H groups in total. The smallest absolute Gasteiger partial charge is 0.145 e. The Labute approximate surface area is 113 Å². The molecule has 0 amide bonds. The van der Waals surface area contributed by atoms with E-state index < -0.39 is 0 Å². The summed E-state index contributed by atoms with van der Waals surface area (Å²) in [4.78, 5) is 4.68. The molecule has 19 heavy (non-hydrogen) atoms. The predicted molar refractivity (Wildman–Crippen MR) is 78.5 cm³/mol. The van der Waals surface area contributed by atoms with Crippen LogP contribution in [-0.4, -0.2) is 26.3 Å². The zero-order valence-electron chi connectivity index (χ0n) is 12.1. The van der Waals surface area contributed by atoms with Gasteiger partial charge in [-0.25, -0.2) is 4.98 Å². The standard InChI is InChI=1S/C15H20N2O2/c1-9(2)10-8-11-12(18-4)6-7-13(19-5)14(11)17-15(10)16-3/h6-9H,1-5H3,(H,16,17). The van der Waals surface area contributed by atoms with Gasteiger partial charge in [-0.15, -0.1) is 0 Å². The van der Waals surface area contributed by atoms with E-state index in [1.54, 1.807) is 14.2 Å². The minimum absolute atomic E-state index is 0.384. The van der Waals surface area contributed by atoms with E-state index in [9.17, 15) is 0 Å². The molecule has 102 valence electrons. The fourth-order valence-corrected chi connectivity index (χ4v) is 2.21. The first-order valence-corrected chi connectivity index (χ1v) is 6.35. The topological polar surface area (TPSA) is 43.4 Å². The minimum Gasteiger partial charge on any atom is -0.496 e. The molecule has 1 aromatic carbocycles. The van der Waals surface area contributed by atoms with E-state index in [2.05, 4.69) is 30.2 Å². The van der Waals surface area contributed by atoms with Crippen molar-refractivity contribution < 1.29 is 9.47 Å². The molecule has 2 aromatic rings. The molecule has 1 heterocycles. The van der Waals surface area contributed by atoms with Crippen LogP contribution in [0.1, 0.15) is 25.3 Å². The Morgan fingerprint density at radius 1 is 1.11 bits per heavy atom. The zero-order valence-corrected chi connectivity index (χ0v) is 12.1. The maximum absolute atomic E-state index is 5.42. The van der Waals surface area contributed by atoms with Gasteiger partial charge >= 0.3 is 0 Å². The van der Waals surface area contributed by atoms with Crippen LogP contribution in [0, 0.1) is 0 Å². The van der Waals surface area contributed by atoms with Crippen molar-refractivity contribution >= 4 is 16.7 Å². The Morgan fingerprint density at radius 2 is 1.74 bits per heavy atom. The molecular weight excluding hydrogens is 240 g/mol. The van der Waals surface area contributed by atoms with E-state index in [-0.39, 0.29) is 0 Å². The number of nitrogens with one attached hydrogen (secondary N) is 1. The predicted octanol–water partition coefficient (Wildman–Crippen LogP) is 3.42. The van der Waals surface area contributed by atoms with Gasteiger partial charge in [-0.3, -0.25) is 0 Å². The van der Waals surface area contributed by atoms with Gasteiger partial charge in [0.25, 0.3) is 0 Å². The first-order chi connectivity index (χ1) is 9.12. The van der Waals surface area contributed by atoms with E-state index in [1.165, 1.54) is 5.56 Å². The number of benzene rings is 1. The summed E-state index contributed by atoms with van der Waals surface area (Å²) >= 11 is 0. The summed E-state index contributed by atoms with van der Waals surface area (Å²) in [5.41, 5.74) is 1.98. The van der Waals surface area contributed by atoms with Crippen molar-refractivity contribution in [1.29, 1.82) is 0 Å². The Bertz CT molecular complexity index is 594. The summed E-state index contributed by atoms with van der Waals surface area (Å²) in [6.07, 6.45) is 0. The van der Waals surface area contributed by atoms with Crippen LogP contribution in [0.5, 0.6) is 11.5 Å². The average molecular weight is 260 g/mol. The highest BCUT2D eigenvalue weighted by atomic mass is 16.5. The number of ether oxygens (including phenoxy) is 2. The number of rotatable bonds is 4. The van der Waals surface area contributed by atoms with Gasteiger partial charge < -0.3 is 14.8 Å². The van der Waals surface area contributed by atoms with Crippen LogP contribution in [0.3, 0.4) is 0 Å². The van der Waals surface area contributed by atoms with Crippen molar-refractivity contribution in [1.82, 2.24) is 4.98 Å². The van der Waals surface area contributed by atoms with Crippen LogP contribution in [0.4, 0.5) is 5.82 Å². The number of anilines is 1. The number of fused-ring (bicyclic) bond motifs is 1. The molecule has 0 saturated carbocycles. The number of aromatic nitrogens is 1. The molecule has 0 bridgehead atoms. The van der Waals surface area contributed by atoms with Gasteiger partial charge in [-0.2, -0.15) is 0 Å². The highest BCUT2D eigenvalue weighted by Crippen LogP contribution is 2.36. The average Bonchev–Trinajstić information content (AvgIpc) is 2.44. The zero-order chi connectivity index (χ0) is 14.0. The number of hydrogen-bond donors (Lipinski definition) is 1. The van der Waals surface area contributed by atoms with Gasteiger partial charge in [0.05, 0.1) is 14.2 Å². The Balaban J connectivity index is 2.82. The van der Waals surface area contributed by atoms with Gasteiger partial charge in [0.2, 0.25) is 0 Å². The number of methoxy groups -OCH3 is 2. The molecule has 2 rings (SSSR count). The second-order valence-corrected chi connectivity index (χ2v) is 4.70. The summed E-state index contributed by atoms with van der Waals surface area (Å²) in [5, 5.41) is 4.13. The van der Waals surface area contributed by atoms with Gasteiger partial charge in [0.1, 0.15) is 22.8 Å². The fourth-order valence-electron chi connectivity index (χ4n) is 2.21. The summed E-state index contributed by atoms with van der Waals surface area (Å²) in [7, 11) is 5.20. The normalized spacial score (nSPS) is 10.8. The molecule has 0 aliphatic heterocycles. The van der Waals surface area contributed by atoms with Gasteiger partial charge in [-0.05, 0) is 29.7 Å². The van der Waals surface area contributed by atoms with Crippen molar-refractivity contribution in [3.8, 4) is 11.5 Å². The lowest BCUT2D eigenvalue weighted by molar-refractivity contribution is 0.409. The molecule has 0 unspecified atom stereocenters. The second kappa shape index (κ2) is 5.34. The molecule has 4 heteroatoms. The summed E-state index contributed by atoms with van der Waals surface area (Å²) < 4.78 is 10.8. The SMILES string of the molecule is CNc1nc2c(OC)ccc(OC)c2cc1C(C)C. The van der Waals surface area contributed by atoms with E-state index in [0.29, 0.717) is 5.92 Å². The number of nitrogens with zero attached hydrogens (tertiary/aromatic N) is 1. The van der Waals surface area contributed by atoms with E-state index >= 15 is 0 Å². The third-order valence-electron chi connectivity index (χ3n) is 3.24. The van der Waals surface area contributed by atoms with Crippen molar-refractivity contribution in [2.45, 2.75) is 19.8 Å². The summed E-state index contributed by atoms with van der Waals surface area (Å²) in [6.45, 7) is 4.30. The van der Waals surface area contributed by atoms with Crippen LogP contribution in [0.2, 0.25) is 0 Å². The monoisotopic (exact) mass is 260 g/mol. The molecule has 0 spiro atoms. The minimum atomic E-state index is 0.384.